The maximum atomic E-state index is 11.5. The number of nitrogens with one attached hydrogen (secondary N) is 1. The molecule has 92 valence electrons. The van der Waals surface area contributed by atoms with Crippen molar-refractivity contribution in [2.24, 2.45) is 10.9 Å². The number of amidine groups is 1. The minimum absolute atomic E-state index is 0.0445. The molecule has 0 aliphatic rings. The van der Waals surface area contributed by atoms with Crippen LogP contribution in [0.25, 0.3) is 0 Å². The molecule has 0 spiro atoms. The molecule has 0 fully saturated rings. The van der Waals surface area contributed by atoms with Gasteiger partial charge in [0.2, 0.25) is 5.91 Å². The van der Waals surface area contributed by atoms with Crippen molar-refractivity contribution < 1.29 is 10.0 Å². The average Bonchev–Trinajstić information content (AvgIpc) is 2.28. The molecule has 0 saturated carbocycles. The second-order valence-electron chi connectivity index (χ2n) is 3.16. The van der Waals surface area contributed by atoms with Crippen molar-refractivity contribution in [3.8, 4) is 0 Å². The lowest BCUT2D eigenvalue weighted by molar-refractivity contribution is -0.113. The zero-order valence-corrected chi connectivity index (χ0v) is 11.5. The van der Waals surface area contributed by atoms with Gasteiger partial charge >= 0.3 is 0 Å². The van der Waals surface area contributed by atoms with Crippen molar-refractivity contribution in [2.45, 2.75) is 0 Å². The fraction of sp³-hybridized carbons (Fsp3) is 0.200. The molecule has 1 rings (SSSR count). The molecule has 5 nitrogen and oxygen atoms in total. The van der Waals surface area contributed by atoms with E-state index in [1.54, 1.807) is 18.2 Å². The molecule has 1 aromatic rings. The van der Waals surface area contributed by atoms with Gasteiger partial charge in [0.1, 0.15) is 0 Å². The third-order valence-corrected chi connectivity index (χ3v) is 2.96. The molecule has 0 unspecified atom stereocenters. The second kappa shape index (κ2) is 6.51. The Balaban J connectivity index is 3.03. The molecule has 1 aromatic carbocycles. The first-order valence-corrected chi connectivity index (χ1v) is 6.83. The van der Waals surface area contributed by atoms with Crippen LogP contribution in [0.5, 0.6) is 0 Å². The number of halogens is 1. The van der Waals surface area contributed by atoms with Crippen molar-refractivity contribution in [3.63, 3.8) is 0 Å². The van der Waals surface area contributed by atoms with E-state index in [4.69, 9.17) is 10.9 Å². The monoisotopic (exact) mass is 317 g/mol. The van der Waals surface area contributed by atoms with E-state index in [1.165, 1.54) is 11.8 Å². The van der Waals surface area contributed by atoms with Crippen LogP contribution in [0, 0.1) is 0 Å². The molecular formula is C10H12BrN3O2S. The zero-order chi connectivity index (χ0) is 12.8. The Labute approximate surface area is 112 Å². The number of thioether (sulfide) groups is 1. The van der Waals surface area contributed by atoms with E-state index in [2.05, 4.69) is 26.4 Å². The lowest BCUT2D eigenvalue weighted by atomic mass is 10.1. The van der Waals surface area contributed by atoms with Gasteiger partial charge in [0.25, 0.3) is 0 Å². The maximum Gasteiger partial charge on any atom is 0.234 e. The van der Waals surface area contributed by atoms with Crippen LogP contribution in [0.15, 0.2) is 27.8 Å². The van der Waals surface area contributed by atoms with Gasteiger partial charge in [0.15, 0.2) is 5.84 Å². The minimum Gasteiger partial charge on any atom is -0.409 e. The van der Waals surface area contributed by atoms with Gasteiger partial charge in [0, 0.05) is 10.0 Å². The number of oxime groups is 1. The molecule has 0 aliphatic carbocycles. The molecule has 17 heavy (non-hydrogen) atoms. The van der Waals surface area contributed by atoms with E-state index in [9.17, 15) is 4.79 Å². The summed E-state index contributed by atoms with van der Waals surface area (Å²) in [4.78, 5) is 11.5. The first-order chi connectivity index (χ1) is 8.08. The summed E-state index contributed by atoms with van der Waals surface area (Å²) in [5.74, 6) is 0.168. The number of carbonyl (C=O) groups is 1. The Morgan fingerprint density at radius 2 is 2.35 bits per heavy atom. The smallest absolute Gasteiger partial charge is 0.234 e. The van der Waals surface area contributed by atoms with Crippen LogP contribution in [0.2, 0.25) is 0 Å². The van der Waals surface area contributed by atoms with Gasteiger partial charge < -0.3 is 16.3 Å². The van der Waals surface area contributed by atoms with E-state index in [-0.39, 0.29) is 11.7 Å². The average molecular weight is 318 g/mol. The molecule has 4 N–H and O–H groups in total. The third kappa shape index (κ3) is 3.94. The number of benzene rings is 1. The van der Waals surface area contributed by atoms with Gasteiger partial charge in [0.05, 0.1) is 11.4 Å². The minimum atomic E-state index is -0.136. The van der Waals surface area contributed by atoms with E-state index < -0.39 is 0 Å². The summed E-state index contributed by atoms with van der Waals surface area (Å²) in [6.07, 6.45) is 1.84. The Kier molecular flexibility index (Phi) is 5.30. The van der Waals surface area contributed by atoms with Crippen LogP contribution in [0.3, 0.4) is 0 Å². The third-order valence-electron chi connectivity index (χ3n) is 1.91. The van der Waals surface area contributed by atoms with Crippen molar-refractivity contribution in [3.05, 3.63) is 28.2 Å². The fourth-order valence-corrected chi connectivity index (χ4v) is 1.91. The molecule has 0 aromatic heterocycles. The highest BCUT2D eigenvalue weighted by Gasteiger charge is 2.10. The van der Waals surface area contributed by atoms with E-state index in [1.807, 2.05) is 6.26 Å². The van der Waals surface area contributed by atoms with Crippen molar-refractivity contribution in [1.82, 2.24) is 0 Å². The van der Waals surface area contributed by atoms with Gasteiger partial charge in [-0.05, 0) is 24.5 Å². The highest BCUT2D eigenvalue weighted by Crippen LogP contribution is 2.21. The van der Waals surface area contributed by atoms with Crippen LogP contribution >= 0.6 is 27.7 Å². The van der Waals surface area contributed by atoms with Gasteiger partial charge in [-0.1, -0.05) is 21.1 Å². The number of nitrogens with zero attached hydrogens (tertiary/aromatic N) is 1. The van der Waals surface area contributed by atoms with Crippen LogP contribution < -0.4 is 11.1 Å². The van der Waals surface area contributed by atoms with E-state index in [0.717, 1.165) is 4.47 Å². The zero-order valence-electron chi connectivity index (χ0n) is 9.11. The molecule has 0 aliphatic heterocycles. The molecule has 0 saturated heterocycles. The maximum absolute atomic E-state index is 11.5. The van der Waals surface area contributed by atoms with Crippen LogP contribution in [0.1, 0.15) is 5.56 Å². The number of rotatable bonds is 4. The van der Waals surface area contributed by atoms with Gasteiger partial charge in [-0.3, -0.25) is 4.79 Å². The summed E-state index contributed by atoms with van der Waals surface area (Å²) >= 11 is 4.72. The highest BCUT2D eigenvalue weighted by molar-refractivity contribution is 9.10. The largest absolute Gasteiger partial charge is 0.409 e. The highest BCUT2D eigenvalue weighted by atomic mass is 79.9. The summed E-state index contributed by atoms with van der Waals surface area (Å²) < 4.78 is 0.798. The summed E-state index contributed by atoms with van der Waals surface area (Å²) in [5, 5.41) is 14.3. The van der Waals surface area contributed by atoms with Crippen LogP contribution in [-0.4, -0.2) is 29.0 Å². The SMILES string of the molecule is CSCC(=O)Nc1cc(Br)ccc1/C(N)=N/O. The van der Waals surface area contributed by atoms with Crippen molar-refractivity contribution in [1.29, 1.82) is 0 Å². The molecule has 0 heterocycles. The Bertz CT molecular complexity index is 451. The first kappa shape index (κ1) is 13.9. The second-order valence-corrected chi connectivity index (χ2v) is 4.94. The summed E-state index contributed by atoms with van der Waals surface area (Å²) in [5.41, 5.74) is 6.51. The number of amides is 1. The first-order valence-electron chi connectivity index (χ1n) is 4.64. The molecule has 0 atom stereocenters. The Hall–Kier alpha value is -1.21. The lowest BCUT2D eigenvalue weighted by Crippen LogP contribution is -2.20. The number of carbonyl (C=O) groups excluding carboxylic acids is 1. The fourth-order valence-electron chi connectivity index (χ4n) is 1.21. The predicted octanol–water partition coefficient (Wildman–Crippen LogP) is 1.85. The Morgan fingerprint density at radius 1 is 1.65 bits per heavy atom. The topological polar surface area (TPSA) is 87.7 Å². The van der Waals surface area contributed by atoms with Crippen LogP contribution in [0.4, 0.5) is 5.69 Å². The van der Waals surface area contributed by atoms with Crippen molar-refractivity contribution in [2.75, 3.05) is 17.3 Å². The van der Waals surface area contributed by atoms with E-state index in [0.29, 0.717) is 17.0 Å². The van der Waals surface area contributed by atoms with Gasteiger partial charge in [-0.2, -0.15) is 11.8 Å². The van der Waals surface area contributed by atoms with Crippen molar-refractivity contribution >= 4 is 45.1 Å². The van der Waals surface area contributed by atoms with E-state index >= 15 is 0 Å². The molecule has 0 radical (unpaired) electrons. The van der Waals surface area contributed by atoms with Crippen LogP contribution in [-0.2, 0) is 4.79 Å². The molecule has 1 amide bonds. The quantitative estimate of drug-likeness (QED) is 0.342. The molecule has 0 bridgehead atoms. The number of nitrogens with two attached hydrogens (primary N) is 1. The van der Waals surface area contributed by atoms with Gasteiger partial charge in [-0.25, -0.2) is 0 Å². The summed E-state index contributed by atoms with van der Waals surface area (Å²) in [6.45, 7) is 0. The van der Waals surface area contributed by atoms with Gasteiger partial charge in [-0.15, -0.1) is 0 Å². The lowest BCUT2D eigenvalue weighted by Gasteiger charge is -2.10. The molecular weight excluding hydrogens is 306 g/mol. The predicted molar refractivity (Wildman–Crippen MR) is 73.7 cm³/mol. The molecule has 7 heteroatoms. The number of hydrogen-bond acceptors (Lipinski definition) is 4. The summed E-state index contributed by atoms with van der Waals surface area (Å²) in [7, 11) is 0. The Morgan fingerprint density at radius 3 is 2.94 bits per heavy atom. The summed E-state index contributed by atoms with van der Waals surface area (Å²) in [6, 6.07) is 5.11. The number of hydrogen-bond donors (Lipinski definition) is 3. The number of anilines is 1. The standard InChI is InChI=1S/C10H12BrN3O2S/c1-17-5-9(15)13-8-4-6(11)2-3-7(8)10(12)14-16/h2-4,16H,5H2,1H3,(H2,12,14)(H,13,15). The normalized spacial score (nSPS) is 11.3.